The van der Waals surface area contributed by atoms with Gasteiger partial charge in [0, 0.05) is 19.0 Å². The van der Waals surface area contributed by atoms with Crippen molar-refractivity contribution in [1.29, 1.82) is 0 Å². The summed E-state index contributed by atoms with van der Waals surface area (Å²) in [5, 5.41) is 2.37. The van der Waals surface area contributed by atoms with Crippen LogP contribution in [0.1, 0.15) is 24.2 Å². The predicted octanol–water partition coefficient (Wildman–Crippen LogP) is 0.356. The number of amides is 1. The van der Waals surface area contributed by atoms with E-state index in [0.29, 0.717) is 0 Å². The molecule has 0 radical (unpaired) electrons. The molecule has 1 rings (SSSR count). The summed E-state index contributed by atoms with van der Waals surface area (Å²) in [5.74, 6) is -2.03. The fourth-order valence-electron chi connectivity index (χ4n) is 1.15. The first-order valence-electron chi connectivity index (χ1n) is 5.44. The van der Waals surface area contributed by atoms with Crippen molar-refractivity contribution in [3.8, 4) is 0 Å². The maximum absolute atomic E-state index is 13.5. The highest BCUT2D eigenvalue weighted by molar-refractivity contribution is 7.92. The molecule has 19 heavy (non-hydrogen) atoms. The normalized spacial score (nSPS) is 12.2. The number of pyridine rings is 1. The predicted molar refractivity (Wildman–Crippen MR) is 69.9 cm³/mol. The van der Waals surface area contributed by atoms with Gasteiger partial charge in [-0.3, -0.25) is 4.79 Å². The van der Waals surface area contributed by atoms with E-state index >= 15 is 0 Å². The molecular formula is C11H16FN3O3S. The fraction of sp³-hybridized carbons (Fsp3) is 0.455. The highest BCUT2D eigenvalue weighted by atomic mass is 32.2. The van der Waals surface area contributed by atoms with E-state index in [1.165, 1.54) is 26.1 Å². The lowest BCUT2D eigenvalue weighted by atomic mass is 10.2. The number of sulfone groups is 1. The monoisotopic (exact) mass is 289 g/mol. The molecule has 3 N–H and O–H groups in total. The molecule has 0 saturated heterocycles. The zero-order valence-corrected chi connectivity index (χ0v) is 11.7. The van der Waals surface area contributed by atoms with Crippen LogP contribution >= 0.6 is 0 Å². The van der Waals surface area contributed by atoms with Crippen molar-refractivity contribution in [3.05, 3.63) is 23.6 Å². The summed E-state index contributed by atoms with van der Waals surface area (Å²) in [6.45, 7) is 2.81. The van der Waals surface area contributed by atoms with Gasteiger partial charge in [0.25, 0.3) is 5.91 Å². The molecule has 1 heterocycles. The van der Waals surface area contributed by atoms with Gasteiger partial charge in [0.15, 0.2) is 21.5 Å². The summed E-state index contributed by atoms with van der Waals surface area (Å²) in [6, 6.07) is 1.18. The molecule has 8 heteroatoms. The van der Waals surface area contributed by atoms with E-state index in [-0.39, 0.29) is 17.9 Å². The second-order valence-corrected chi connectivity index (χ2v) is 7.42. The third-order valence-electron chi connectivity index (χ3n) is 2.84. The molecular weight excluding hydrogens is 273 g/mol. The quantitative estimate of drug-likeness (QED) is 0.833. The Morgan fingerprint density at radius 1 is 1.53 bits per heavy atom. The number of rotatable bonds is 4. The topological polar surface area (TPSA) is 102 Å². The van der Waals surface area contributed by atoms with Gasteiger partial charge in [-0.25, -0.2) is 17.8 Å². The second-order valence-electron chi connectivity index (χ2n) is 4.77. The van der Waals surface area contributed by atoms with Gasteiger partial charge in [-0.05, 0) is 19.9 Å². The zero-order chi connectivity index (χ0) is 14.8. The van der Waals surface area contributed by atoms with E-state index in [1.54, 1.807) is 0 Å². The van der Waals surface area contributed by atoms with E-state index in [9.17, 15) is 17.6 Å². The third-order valence-corrected chi connectivity index (χ3v) is 4.99. The summed E-state index contributed by atoms with van der Waals surface area (Å²) < 4.78 is 35.3. The van der Waals surface area contributed by atoms with Crippen molar-refractivity contribution in [3.63, 3.8) is 0 Å². The van der Waals surface area contributed by atoms with Crippen LogP contribution in [0.2, 0.25) is 0 Å². The minimum absolute atomic E-state index is 0.133. The van der Waals surface area contributed by atoms with Gasteiger partial charge in [0.2, 0.25) is 0 Å². The first-order chi connectivity index (χ1) is 8.56. The van der Waals surface area contributed by atoms with E-state index in [2.05, 4.69) is 10.3 Å². The maximum Gasteiger partial charge on any atom is 0.254 e. The van der Waals surface area contributed by atoms with Gasteiger partial charge in [-0.15, -0.1) is 0 Å². The fourth-order valence-corrected chi connectivity index (χ4v) is 1.49. The zero-order valence-electron chi connectivity index (χ0n) is 10.9. The number of nitrogens with two attached hydrogens (primary N) is 1. The van der Waals surface area contributed by atoms with Gasteiger partial charge in [-0.1, -0.05) is 0 Å². The van der Waals surface area contributed by atoms with Crippen molar-refractivity contribution in [2.24, 2.45) is 0 Å². The smallest absolute Gasteiger partial charge is 0.254 e. The lowest BCUT2D eigenvalue weighted by molar-refractivity contribution is 0.0946. The number of hydrogen-bond donors (Lipinski definition) is 2. The van der Waals surface area contributed by atoms with Crippen LogP contribution in [0.4, 0.5) is 10.2 Å². The summed E-state index contributed by atoms with van der Waals surface area (Å²) in [6.07, 6.45) is 2.28. The molecule has 6 nitrogen and oxygen atoms in total. The summed E-state index contributed by atoms with van der Waals surface area (Å²) in [4.78, 5) is 15.3. The maximum atomic E-state index is 13.5. The van der Waals surface area contributed by atoms with Crippen LogP contribution in [-0.4, -0.2) is 36.9 Å². The van der Waals surface area contributed by atoms with Crippen molar-refractivity contribution in [2.75, 3.05) is 18.5 Å². The number of halogens is 1. The molecule has 1 amide bonds. The van der Waals surface area contributed by atoms with Gasteiger partial charge in [-0.2, -0.15) is 0 Å². The van der Waals surface area contributed by atoms with Crippen LogP contribution in [0.3, 0.4) is 0 Å². The number of aromatic nitrogens is 1. The molecule has 106 valence electrons. The number of nitrogens with zero attached hydrogens (tertiary/aromatic N) is 1. The molecule has 0 unspecified atom stereocenters. The van der Waals surface area contributed by atoms with E-state index < -0.39 is 26.3 Å². The molecule has 0 spiro atoms. The molecule has 0 bridgehead atoms. The molecule has 0 aliphatic heterocycles. The summed E-state index contributed by atoms with van der Waals surface area (Å²) >= 11 is 0. The van der Waals surface area contributed by atoms with Crippen molar-refractivity contribution in [2.45, 2.75) is 18.6 Å². The van der Waals surface area contributed by atoms with Gasteiger partial charge >= 0.3 is 0 Å². The highest BCUT2D eigenvalue weighted by Crippen LogP contribution is 2.15. The Hall–Kier alpha value is -1.70. The minimum Gasteiger partial charge on any atom is -0.381 e. The number of nitrogen functional groups attached to an aromatic ring is 1. The first-order valence-corrected chi connectivity index (χ1v) is 7.33. The van der Waals surface area contributed by atoms with Crippen LogP contribution in [0, 0.1) is 5.82 Å². The van der Waals surface area contributed by atoms with Crippen molar-refractivity contribution in [1.82, 2.24) is 10.3 Å². The Kier molecular flexibility index (Phi) is 4.14. The Balaban J connectivity index is 2.85. The molecule has 0 atom stereocenters. The van der Waals surface area contributed by atoms with E-state index in [1.807, 2.05) is 0 Å². The average molecular weight is 289 g/mol. The van der Waals surface area contributed by atoms with E-state index in [4.69, 9.17) is 5.73 Å². The first kappa shape index (κ1) is 15.4. The number of carbonyl (C=O) groups is 1. The van der Waals surface area contributed by atoms with Gasteiger partial charge < -0.3 is 11.1 Å². The molecule has 1 aromatic heterocycles. The van der Waals surface area contributed by atoms with Crippen LogP contribution < -0.4 is 11.1 Å². The van der Waals surface area contributed by atoms with Gasteiger partial charge in [0.05, 0.1) is 10.3 Å². The Morgan fingerprint density at radius 2 is 2.11 bits per heavy atom. The number of nitrogens with one attached hydrogen (secondary N) is 1. The Labute approximate surface area is 111 Å². The number of hydrogen-bond acceptors (Lipinski definition) is 5. The average Bonchev–Trinajstić information content (AvgIpc) is 2.28. The van der Waals surface area contributed by atoms with Gasteiger partial charge in [0.1, 0.15) is 0 Å². The SMILES string of the molecule is CC(C)(CNC(=O)c1ccnc(N)c1F)S(C)(=O)=O. The van der Waals surface area contributed by atoms with Crippen LogP contribution in [0.5, 0.6) is 0 Å². The molecule has 0 aromatic carbocycles. The summed E-state index contributed by atoms with van der Waals surface area (Å²) in [5.41, 5.74) is 4.98. The molecule has 0 fully saturated rings. The van der Waals surface area contributed by atoms with Crippen LogP contribution in [0.15, 0.2) is 12.3 Å². The second kappa shape index (κ2) is 5.12. The van der Waals surface area contributed by atoms with Crippen LogP contribution in [-0.2, 0) is 9.84 Å². The molecule has 1 aromatic rings. The van der Waals surface area contributed by atoms with Crippen LogP contribution in [0.25, 0.3) is 0 Å². The lowest BCUT2D eigenvalue weighted by Gasteiger charge is -2.22. The third kappa shape index (κ3) is 3.40. The van der Waals surface area contributed by atoms with Crippen molar-refractivity contribution < 1.29 is 17.6 Å². The standard InChI is InChI=1S/C11H16FN3O3S/c1-11(2,19(3,17)18)6-15-10(16)7-4-5-14-9(13)8(7)12/h4-5H,6H2,1-3H3,(H2,13,14)(H,15,16). The van der Waals surface area contributed by atoms with Crippen molar-refractivity contribution >= 4 is 21.6 Å². The Bertz CT molecular complexity index is 599. The lowest BCUT2D eigenvalue weighted by Crippen LogP contribution is -2.44. The number of carbonyl (C=O) groups excluding carboxylic acids is 1. The minimum atomic E-state index is -3.34. The Morgan fingerprint density at radius 3 is 2.63 bits per heavy atom. The molecule has 0 saturated carbocycles. The largest absolute Gasteiger partial charge is 0.381 e. The molecule has 0 aliphatic carbocycles. The van der Waals surface area contributed by atoms with E-state index in [0.717, 1.165) is 6.26 Å². The molecule has 0 aliphatic rings. The summed E-state index contributed by atoms with van der Waals surface area (Å²) in [7, 11) is -3.34. The number of anilines is 1. The highest BCUT2D eigenvalue weighted by Gasteiger charge is 2.31.